The number of rotatable bonds is 17. The molecule has 1 saturated heterocycles. The van der Waals surface area contributed by atoms with Gasteiger partial charge in [0, 0.05) is 19.5 Å². The second kappa shape index (κ2) is 15.7. The number of hydrogen-bond acceptors (Lipinski definition) is 2. The lowest BCUT2D eigenvalue weighted by Gasteiger charge is -2.15. The minimum atomic E-state index is -0.841. The summed E-state index contributed by atoms with van der Waals surface area (Å²) in [5, 5.41) is 8.98. The van der Waals surface area contributed by atoms with Crippen LogP contribution in [0, 0.1) is 5.92 Å². The molecule has 0 bridgehead atoms. The van der Waals surface area contributed by atoms with Crippen LogP contribution in [0.25, 0.3) is 0 Å². The molecule has 1 heterocycles. The SMILES string of the molecule is CCCCCCCCC=CCCCCCCCCN1CC(C(=O)O)CC1=O. The van der Waals surface area contributed by atoms with E-state index in [0.29, 0.717) is 6.54 Å². The highest BCUT2D eigenvalue weighted by atomic mass is 16.4. The van der Waals surface area contributed by atoms with Gasteiger partial charge in [-0.15, -0.1) is 0 Å². The van der Waals surface area contributed by atoms with Crippen molar-refractivity contribution in [1.29, 1.82) is 0 Å². The Hall–Kier alpha value is -1.32. The van der Waals surface area contributed by atoms with E-state index in [1.165, 1.54) is 77.0 Å². The van der Waals surface area contributed by atoms with Crippen LogP contribution in [-0.4, -0.2) is 35.0 Å². The monoisotopic (exact) mass is 379 g/mol. The average Bonchev–Trinajstić information content (AvgIpc) is 3.02. The second-order valence-electron chi connectivity index (χ2n) is 8.02. The normalized spacial score (nSPS) is 17.3. The zero-order chi connectivity index (χ0) is 19.7. The molecule has 0 spiro atoms. The third-order valence-electron chi connectivity index (χ3n) is 5.50. The quantitative estimate of drug-likeness (QED) is 0.251. The molecule has 0 aromatic rings. The van der Waals surface area contributed by atoms with Crippen LogP contribution >= 0.6 is 0 Å². The van der Waals surface area contributed by atoms with Crippen LogP contribution in [0.4, 0.5) is 0 Å². The van der Waals surface area contributed by atoms with Crippen LogP contribution in [0.3, 0.4) is 0 Å². The summed E-state index contributed by atoms with van der Waals surface area (Å²) in [6.45, 7) is 3.39. The number of aliphatic carboxylic acids is 1. The first-order valence-corrected chi connectivity index (χ1v) is 11.3. The summed E-state index contributed by atoms with van der Waals surface area (Å²) in [5.41, 5.74) is 0. The van der Waals surface area contributed by atoms with Crippen molar-refractivity contribution >= 4 is 11.9 Å². The average molecular weight is 380 g/mol. The van der Waals surface area contributed by atoms with E-state index >= 15 is 0 Å². The van der Waals surface area contributed by atoms with E-state index in [4.69, 9.17) is 5.11 Å². The number of hydrogen-bond donors (Lipinski definition) is 1. The third kappa shape index (κ3) is 11.9. The highest BCUT2D eigenvalue weighted by Gasteiger charge is 2.33. The first-order chi connectivity index (χ1) is 13.1. The zero-order valence-electron chi connectivity index (χ0n) is 17.5. The number of carboxylic acid groups (broad SMARTS) is 1. The minimum absolute atomic E-state index is 0.00939. The van der Waals surface area contributed by atoms with Crippen molar-refractivity contribution in [3.05, 3.63) is 12.2 Å². The fraction of sp³-hybridized carbons (Fsp3) is 0.826. The van der Waals surface area contributed by atoms with E-state index in [2.05, 4.69) is 19.1 Å². The maximum Gasteiger partial charge on any atom is 0.308 e. The number of carbonyl (C=O) groups is 2. The smallest absolute Gasteiger partial charge is 0.308 e. The van der Waals surface area contributed by atoms with E-state index in [-0.39, 0.29) is 12.3 Å². The Balaban J connectivity index is 1.83. The van der Waals surface area contributed by atoms with Gasteiger partial charge in [-0.25, -0.2) is 0 Å². The van der Waals surface area contributed by atoms with Gasteiger partial charge in [0.05, 0.1) is 5.92 Å². The van der Waals surface area contributed by atoms with Gasteiger partial charge in [-0.3, -0.25) is 9.59 Å². The molecule has 0 saturated carbocycles. The Kier molecular flexibility index (Phi) is 13.8. The van der Waals surface area contributed by atoms with Gasteiger partial charge in [-0.05, 0) is 32.1 Å². The summed E-state index contributed by atoms with van der Waals surface area (Å²) in [6.07, 6.45) is 22.7. The highest BCUT2D eigenvalue weighted by molar-refractivity contribution is 5.86. The van der Waals surface area contributed by atoms with Crippen LogP contribution in [0.15, 0.2) is 12.2 Å². The van der Waals surface area contributed by atoms with E-state index < -0.39 is 11.9 Å². The number of nitrogens with zero attached hydrogens (tertiary/aromatic N) is 1. The van der Waals surface area contributed by atoms with Gasteiger partial charge in [0.1, 0.15) is 0 Å². The van der Waals surface area contributed by atoms with Crippen LogP contribution in [0.2, 0.25) is 0 Å². The van der Waals surface area contributed by atoms with E-state index in [0.717, 1.165) is 19.4 Å². The molecular formula is C23H41NO3. The fourth-order valence-electron chi connectivity index (χ4n) is 3.70. The molecule has 0 aliphatic carbocycles. The number of unbranched alkanes of at least 4 members (excludes halogenated alkanes) is 12. The van der Waals surface area contributed by atoms with Gasteiger partial charge in [0.25, 0.3) is 0 Å². The number of carboxylic acids is 1. The zero-order valence-corrected chi connectivity index (χ0v) is 17.5. The summed E-state index contributed by atoms with van der Waals surface area (Å²) in [7, 11) is 0. The standard InChI is InChI=1S/C23H41NO3/c1-2-3-4-5-6-7-8-9-10-11-12-13-14-15-16-17-18-24-20-21(23(26)27)19-22(24)25/h9-10,21H,2-8,11-20H2,1H3,(H,26,27). The van der Waals surface area contributed by atoms with Gasteiger partial charge in [0.2, 0.25) is 5.91 Å². The summed E-state index contributed by atoms with van der Waals surface area (Å²) < 4.78 is 0. The molecule has 1 rings (SSSR count). The van der Waals surface area contributed by atoms with Crippen molar-refractivity contribution < 1.29 is 14.7 Å². The first kappa shape index (κ1) is 23.7. The predicted molar refractivity (Wildman–Crippen MR) is 112 cm³/mol. The Morgan fingerprint density at radius 2 is 1.44 bits per heavy atom. The Morgan fingerprint density at radius 3 is 1.96 bits per heavy atom. The molecular weight excluding hydrogens is 338 g/mol. The molecule has 1 N–H and O–H groups in total. The van der Waals surface area contributed by atoms with Crippen molar-refractivity contribution in [3.63, 3.8) is 0 Å². The molecule has 1 atom stereocenters. The van der Waals surface area contributed by atoms with Crippen molar-refractivity contribution in [1.82, 2.24) is 4.90 Å². The van der Waals surface area contributed by atoms with Gasteiger partial charge in [0.15, 0.2) is 0 Å². The Labute approximate surface area is 166 Å². The molecule has 156 valence electrons. The molecule has 1 aliphatic rings. The maximum atomic E-state index is 11.7. The van der Waals surface area contributed by atoms with E-state index in [9.17, 15) is 9.59 Å². The molecule has 1 amide bonds. The van der Waals surface area contributed by atoms with Gasteiger partial charge < -0.3 is 10.0 Å². The molecule has 4 nitrogen and oxygen atoms in total. The topological polar surface area (TPSA) is 57.6 Å². The minimum Gasteiger partial charge on any atom is -0.481 e. The molecule has 0 radical (unpaired) electrons. The van der Waals surface area contributed by atoms with Gasteiger partial charge >= 0.3 is 5.97 Å². The Morgan fingerprint density at radius 1 is 0.926 bits per heavy atom. The van der Waals surface area contributed by atoms with Gasteiger partial charge in [-0.2, -0.15) is 0 Å². The molecule has 0 aromatic carbocycles. The largest absolute Gasteiger partial charge is 0.481 e. The van der Waals surface area contributed by atoms with Crippen LogP contribution < -0.4 is 0 Å². The number of carbonyl (C=O) groups excluding carboxylic acids is 1. The summed E-state index contributed by atoms with van der Waals surface area (Å²) in [4.78, 5) is 24.4. The third-order valence-corrected chi connectivity index (χ3v) is 5.50. The number of allylic oxidation sites excluding steroid dienone is 2. The van der Waals surface area contributed by atoms with Crippen LogP contribution in [0.1, 0.15) is 103 Å². The summed E-state index contributed by atoms with van der Waals surface area (Å²) in [5.74, 6) is -1.33. The van der Waals surface area contributed by atoms with E-state index in [1.54, 1.807) is 4.90 Å². The lowest BCUT2D eigenvalue weighted by molar-refractivity contribution is -0.141. The molecule has 4 heteroatoms. The maximum absolute atomic E-state index is 11.7. The van der Waals surface area contributed by atoms with Crippen molar-refractivity contribution in [2.45, 2.75) is 103 Å². The molecule has 27 heavy (non-hydrogen) atoms. The molecule has 1 fully saturated rings. The summed E-state index contributed by atoms with van der Waals surface area (Å²) in [6, 6.07) is 0. The van der Waals surface area contributed by atoms with Crippen molar-refractivity contribution in [2.75, 3.05) is 13.1 Å². The first-order valence-electron chi connectivity index (χ1n) is 11.3. The lowest BCUT2D eigenvalue weighted by Crippen LogP contribution is -2.27. The fourth-order valence-corrected chi connectivity index (χ4v) is 3.70. The van der Waals surface area contributed by atoms with Crippen molar-refractivity contribution in [3.8, 4) is 0 Å². The molecule has 1 unspecified atom stereocenters. The van der Waals surface area contributed by atoms with Crippen LogP contribution in [0.5, 0.6) is 0 Å². The van der Waals surface area contributed by atoms with Crippen LogP contribution in [-0.2, 0) is 9.59 Å². The van der Waals surface area contributed by atoms with Gasteiger partial charge in [-0.1, -0.05) is 76.9 Å². The van der Waals surface area contributed by atoms with E-state index in [1.807, 2.05) is 0 Å². The summed E-state index contributed by atoms with van der Waals surface area (Å²) >= 11 is 0. The number of likely N-dealkylation sites (tertiary alicyclic amines) is 1. The second-order valence-corrected chi connectivity index (χ2v) is 8.02. The molecule has 0 aromatic heterocycles. The predicted octanol–water partition coefficient (Wildman–Crippen LogP) is 5.96. The lowest BCUT2D eigenvalue weighted by atomic mass is 10.1. The number of amides is 1. The highest BCUT2D eigenvalue weighted by Crippen LogP contribution is 2.19. The Bertz CT molecular complexity index is 433. The van der Waals surface area contributed by atoms with Crippen molar-refractivity contribution in [2.24, 2.45) is 5.92 Å². The molecule has 1 aliphatic heterocycles.